The van der Waals surface area contributed by atoms with Crippen LogP contribution in [0.4, 0.5) is 18.0 Å². The second-order valence-corrected chi connectivity index (χ2v) is 9.25. The first-order chi connectivity index (χ1) is 14.3. The third-order valence-electron chi connectivity index (χ3n) is 6.87. The van der Waals surface area contributed by atoms with Crippen molar-refractivity contribution < 1.29 is 18.0 Å². The highest BCUT2D eigenvalue weighted by Gasteiger charge is 2.54. The molecule has 2 amide bonds. The van der Waals surface area contributed by atoms with E-state index in [0.717, 1.165) is 24.8 Å². The summed E-state index contributed by atoms with van der Waals surface area (Å²) < 4.78 is 41.6. The van der Waals surface area contributed by atoms with Crippen LogP contribution in [0, 0.1) is 11.2 Å². The first kappa shape index (κ1) is 19.5. The van der Waals surface area contributed by atoms with Gasteiger partial charge in [-0.25, -0.2) is 18.0 Å². The number of benzene rings is 2. The van der Waals surface area contributed by atoms with Gasteiger partial charge in [-0.3, -0.25) is 0 Å². The van der Waals surface area contributed by atoms with Crippen LogP contribution in [-0.4, -0.2) is 35.5 Å². The van der Waals surface area contributed by atoms with E-state index in [9.17, 15) is 13.6 Å². The number of likely N-dealkylation sites (tertiary alicyclic amines) is 1. The van der Waals surface area contributed by atoms with Gasteiger partial charge in [0.1, 0.15) is 5.82 Å². The lowest BCUT2D eigenvalue weighted by Crippen LogP contribution is -2.55. The summed E-state index contributed by atoms with van der Waals surface area (Å²) in [5.41, 5.74) is 2.11. The molecule has 3 fully saturated rings. The summed E-state index contributed by atoms with van der Waals surface area (Å²) in [6, 6.07) is 13.9. The molecule has 5 rings (SSSR count). The standard InChI is InChI=1S/C24H25F3N2O/c25-21-17(7-4-8-20(21)16-5-2-1-3-6-16)11-19-14-23(9-10-23)15-29(19)22(30)28-18-12-24(26,27)13-18/h1-8,18-19H,9-15H2,(H,28,30)/t19-/m0/s1. The van der Waals surface area contributed by atoms with Gasteiger partial charge in [-0.1, -0.05) is 48.5 Å². The highest BCUT2D eigenvalue weighted by molar-refractivity contribution is 5.76. The molecule has 1 spiro atoms. The molecule has 158 valence electrons. The SMILES string of the molecule is O=C(NC1CC(F)(F)C1)N1CC2(CC2)C[C@@H]1Cc1cccc(-c2ccccc2)c1F. The molecule has 0 unspecified atom stereocenters. The smallest absolute Gasteiger partial charge is 0.317 e. The lowest BCUT2D eigenvalue weighted by Gasteiger charge is -2.37. The van der Waals surface area contributed by atoms with E-state index in [1.165, 1.54) is 0 Å². The van der Waals surface area contributed by atoms with E-state index in [1.807, 2.05) is 36.4 Å². The maximum absolute atomic E-state index is 15.3. The van der Waals surface area contributed by atoms with Crippen LogP contribution in [0.3, 0.4) is 0 Å². The summed E-state index contributed by atoms with van der Waals surface area (Å²) in [5.74, 6) is -2.92. The number of amides is 2. The normalized spacial score (nSPS) is 24.0. The van der Waals surface area contributed by atoms with E-state index in [0.29, 0.717) is 24.1 Å². The molecule has 6 heteroatoms. The van der Waals surface area contributed by atoms with Gasteiger partial charge in [0.05, 0.1) is 0 Å². The number of hydrogen-bond donors (Lipinski definition) is 1. The Labute approximate surface area is 174 Å². The zero-order valence-corrected chi connectivity index (χ0v) is 16.7. The van der Waals surface area contributed by atoms with Crippen LogP contribution in [0.15, 0.2) is 48.5 Å². The van der Waals surface area contributed by atoms with Gasteiger partial charge in [-0.2, -0.15) is 0 Å². The Morgan fingerprint density at radius 1 is 1.03 bits per heavy atom. The fraction of sp³-hybridized carbons (Fsp3) is 0.458. The monoisotopic (exact) mass is 414 g/mol. The van der Waals surface area contributed by atoms with Crippen molar-refractivity contribution in [2.45, 2.75) is 56.5 Å². The third-order valence-corrected chi connectivity index (χ3v) is 6.87. The number of carbonyl (C=O) groups excluding carboxylic acids is 1. The van der Waals surface area contributed by atoms with E-state index < -0.39 is 12.0 Å². The lowest BCUT2D eigenvalue weighted by molar-refractivity contribution is -0.0903. The Balaban J connectivity index is 1.33. The molecule has 1 heterocycles. The molecule has 1 atom stereocenters. The highest BCUT2D eigenvalue weighted by atomic mass is 19.3. The van der Waals surface area contributed by atoms with Crippen molar-refractivity contribution in [2.75, 3.05) is 6.54 Å². The molecule has 2 aromatic carbocycles. The number of hydrogen-bond acceptors (Lipinski definition) is 1. The van der Waals surface area contributed by atoms with Crippen molar-refractivity contribution in [1.29, 1.82) is 0 Å². The fourth-order valence-electron chi connectivity index (χ4n) is 4.98. The highest BCUT2D eigenvalue weighted by Crippen LogP contribution is 2.55. The Kier molecular flexibility index (Phi) is 4.56. The number of alkyl halides is 2. The number of nitrogens with one attached hydrogen (secondary N) is 1. The number of urea groups is 1. The van der Waals surface area contributed by atoms with Crippen molar-refractivity contribution in [3.63, 3.8) is 0 Å². The number of nitrogens with zero attached hydrogens (tertiary/aromatic N) is 1. The maximum Gasteiger partial charge on any atom is 0.317 e. The quantitative estimate of drug-likeness (QED) is 0.714. The molecule has 0 bridgehead atoms. The van der Waals surface area contributed by atoms with Crippen molar-refractivity contribution in [3.8, 4) is 11.1 Å². The fourth-order valence-corrected chi connectivity index (χ4v) is 4.98. The van der Waals surface area contributed by atoms with Crippen molar-refractivity contribution in [1.82, 2.24) is 10.2 Å². The van der Waals surface area contributed by atoms with Crippen molar-refractivity contribution >= 4 is 6.03 Å². The molecule has 2 aromatic rings. The Morgan fingerprint density at radius 3 is 2.43 bits per heavy atom. The topological polar surface area (TPSA) is 32.3 Å². The van der Waals surface area contributed by atoms with Crippen LogP contribution >= 0.6 is 0 Å². The van der Waals surface area contributed by atoms with Gasteiger partial charge in [-0.15, -0.1) is 0 Å². The molecular weight excluding hydrogens is 389 g/mol. The van der Waals surface area contributed by atoms with Crippen LogP contribution < -0.4 is 5.32 Å². The minimum absolute atomic E-state index is 0.117. The second kappa shape index (κ2) is 7.03. The van der Waals surface area contributed by atoms with E-state index >= 15 is 4.39 Å². The average molecular weight is 414 g/mol. The predicted octanol–water partition coefficient (Wildman–Crippen LogP) is 5.40. The van der Waals surface area contributed by atoms with Crippen molar-refractivity contribution in [3.05, 3.63) is 59.9 Å². The molecule has 3 nitrogen and oxygen atoms in total. The van der Waals surface area contributed by atoms with Gasteiger partial charge >= 0.3 is 6.03 Å². The number of halogens is 3. The predicted molar refractivity (Wildman–Crippen MR) is 109 cm³/mol. The van der Waals surface area contributed by atoms with Crippen LogP contribution in [0.5, 0.6) is 0 Å². The molecule has 1 aliphatic heterocycles. The molecule has 0 radical (unpaired) electrons. The van der Waals surface area contributed by atoms with Gasteiger partial charge in [0.15, 0.2) is 0 Å². The van der Waals surface area contributed by atoms with Crippen molar-refractivity contribution in [2.24, 2.45) is 5.41 Å². The summed E-state index contributed by atoms with van der Waals surface area (Å²) in [6.07, 6.45) is 2.83. The van der Waals surface area contributed by atoms with Gasteiger partial charge in [-0.05, 0) is 42.2 Å². The molecule has 0 aromatic heterocycles. The van der Waals surface area contributed by atoms with E-state index in [1.54, 1.807) is 17.0 Å². The first-order valence-corrected chi connectivity index (χ1v) is 10.6. The molecular formula is C24H25F3N2O. The van der Waals surface area contributed by atoms with Gasteiger partial charge < -0.3 is 10.2 Å². The average Bonchev–Trinajstić information content (AvgIpc) is 3.35. The van der Waals surface area contributed by atoms with Crippen LogP contribution in [0.2, 0.25) is 0 Å². The summed E-state index contributed by atoms with van der Waals surface area (Å²) in [7, 11) is 0. The second-order valence-electron chi connectivity index (χ2n) is 9.25. The Bertz CT molecular complexity index is 950. The molecule has 1 saturated heterocycles. The van der Waals surface area contributed by atoms with E-state index in [4.69, 9.17) is 0 Å². The Hall–Kier alpha value is -2.50. The summed E-state index contributed by atoms with van der Waals surface area (Å²) in [6.45, 7) is 0.632. The maximum atomic E-state index is 15.3. The summed E-state index contributed by atoms with van der Waals surface area (Å²) in [5, 5.41) is 2.76. The summed E-state index contributed by atoms with van der Waals surface area (Å²) in [4.78, 5) is 14.6. The van der Waals surface area contributed by atoms with E-state index in [2.05, 4.69) is 5.32 Å². The van der Waals surface area contributed by atoms with Crippen LogP contribution in [0.25, 0.3) is 11.1 Å². The largest absolute Gasteiger partial charge is 0.335 e. The molecule has 3 aliphatic rings. The minimum atomic E-state index is -2.67. The zero-order valence-electron chi connectivity index (χ0n) is 16.7. The molecule has 2 aliphatic carbocycles. The molecule has 1 N–H and O–H groups in total. The van der Waals surface area contributed by atoms with Gasteiger partial charge in [0, 0.05) is 37.0 Å². The van der Waals surface area contributed by atoms with Gasteiger partial charge in [0.25, 0.3) is 5.92 Å². The summed E-state index contributed by atoms with van der Waals surface area (Å²) >= 11 is 0. The molecule has 2 saturated carbocycles. The third kappa shape index (κ3) is 3.68. The van der Waals surface area contributed by atoms with Crippen LogP contribution in [0.1, 0.15) is 37.7 Å². The lowest BCUT2D eigenvalue weighted by atomic mass is 9.88. The zero-order chi connectivity index (χ0) is 20.9. The Morgan fingerprint density at radius 2 is 1.77 bits per heavy atom. The number of carbonyl (C=O) groups is 1. The molecule has 30 heavy (non-hydrogen) atoms. The number of rotatable bonds is 4. The first-order valence-electron chi connectivity index (χ1n) is 10.6. The van der Waals surface area contributed by atoms with Gasteiger partial charge in [0.2, 0.25) is 0 Å². The van der Waals surface area contributed by atoms with E-state index in [-0.39, 0.29) is 36.1 Å². The van der Waals surface area contributed by atoms with Crippen LogP contribution in [-0.2, 0) is 6.42 Å². The minimum Gasteiger partial charge on any atom is -0.335 e.